The van der Waals surface area contributed by atoms with Gasteiger partial charge in [0.25, 0.3) is 0 Å². The largest absolute Gasteiger partial charge is 0.389 e. The van der Waals surface area contributed by atoms with E-state index >= 15 is 0 Å². The zero-order valence-electron chi connectivity index (χ0n) is 8.73. The summed E-state index contributed by atoms with van der Waals surface area (Å²) in [5.74, 6) is 0. The zero-order valence-corrected chi connectivity index (χ0v) is 8.73. The van der Waals surface area contributed by atoms with E-state index in [4.69, 9.17) is 4.74 Å². The molecule has 2 rings (SSSR count). The van der Waals surface area contributed by atoms with E-state index < -0.39 is 0 Å². The van der Waals surface area contributed by atoms with Gasteiger partial charge >= 0.3 is 0 Å². The van der Waals surface area contributed by atoms with E-state index in [2.05, 4.69) is 12.1 Å². The Labute approximate surface area is 90.2 Å². The van der Waals surface area contributed by atoms with Crippen molar-refractivity contribution in [2.45, 2.75) is 25.6 Å². The summed E-state index contributed by atoms with van der Waals surface area (Å²) in [4.78, 5) is 0. The summed E-state index contributed by atoms with van der Waals surface area (Å²) < 4.78 is 5.57. The van der Waals surface area contributed by atoms with Crippen molar-refractivity contribution in [1.29, 1.82) is 0 Å². The van der Waals surface area contributed by atoms with Gasteiger partial charge < -0.3 is 9.84 Å². The van der Waals surface area contributed by atoms with E-state index in [9.17, 15) is 5.11 Å². The van der Waals surface area contributed by atoms with Crippen molar-refractivity contribution in [3.63, 3.8) is 0 Å². The second-order valence-electron chi connectivity index (χ2n) is 3.91. The molecule has 80 valence electrons. The van der Waals surface area contributed by atoms with Gasteiger partial charge in [0.1, 0.15) is 0 Å². The minimum absolute atomic E-state index is 0.250. The molecule has 1 atom stereocenters. The van der Waals surface area contributed by atoms with Crippen molar-refractivity contribution >= 4 is 0 Å². The maximum absolute atomic E-state index is 9.28. The third-order valence-corrected chi connectivity index (χ3v) is 2.59. The highest BCUT2D eigenvalue weighted by molar-refractivity contribution is 5.14. The molecular weight excluding hydrogens is 188 g/mol. The van der Waals surface area contributed by atoms with E-state index in [1.807, 2.05) is 24.3 Å². The molecule has 0 heterocycles. The SMILES string of the molecule is O[C@H]1C=C(COCc2ccccc2)CC1. The average Bonchev–Trinajstić information content (AvgIpc) is 2.66. The predicted octanol–water partition coefficient (Wildman–Crippen LogP) is 2.28. The molecule has 0 fully saturated rings. The minimum atomic E-state index is -0.250. The fourth-order valence-corrected chi connectivity index (χ4v) is 1.77. The third kappa shape index (κ3) is 3.18. The van der Waals surface area contributed by atoms with Crippen molar-refractivity contribution in [2.24, 2.45) is 0 Å². The van der Waals surface area contributed by atoms with E-state index in [1.54, 1.807) is 0 Å². The Bertz CT molecular complexity index is 330. The molecule has 0 saturated heterocycles. The van der Waals surface area contributed by atoms with E-state index in [1.165, 1.54) is 11.1 Å². The van der Waals surface area contributed by atoms with E-state index in [-0.39, 0.29) is 6.10 Å². The zero-order chi connectivity index (χ0) is 10.5. The lowest BCUT2D eigenvalue weighted by molar-refractivity contribution is 0.141. The van der Waals surface area contributed by atoms with Crippen LogP contribution >= 0.6 is 0 Å². The van der Waals surface area contributed by atoms with Crippen LogP contribution in [0.2, 0.25) is 0 Å². The summed E-state index contributed by atoms with van der Waals surface area (Å²) in [6.45, 7) is 1.29. The van der Waals surface area contributed by atoms with Crippen LogP contribution in [0.1, 0.15) is 18.4 Å². The highest BCUT2D eigenvalue weighted by atomic mass is 16.5. The van der Waals surface area contributed by atoms with E-state index in [0.717, 1.165) is 12.8 Å². The molecule has 1 aromatic rings. The first-order chi connectivity index (χ1) is 7.34. The van der Waals surface area contributed by atoms with Gasteiger partial charge in [-0.15, -0.1) is 0 Å². The Balaban J connectivity index is 1.74. The molecule has 0 aromatic heterocycles. The van der Waals surface area contributed by atoms with Crippen LogP contribution in [0.25, 0.3) is 0 Å². The standard InChI is InChI=1S/C13H16O2/c14-13-7-6-12(8-13)10-15-9-11-4-2-1-3-5-11/h1-5,8,13-14H,6-7,9-10H2/t13-/m1/s1. The van der Waals surface area contributed by atoms with Crippen LogP contribution in [-0.4, -0.2) is 17.8 Å². The molecule has 15 heavy (non-hydrogen) atoms. The summed E-state index contributed by atoms with van der Waals surface area (Å²) in [5, 5.41) is 9.28. The van der Waals surface area contributed by atoms with E-state index in [0.29, 0.717) is 13.2 Å². The lowest BCUT2D eigenvalue weighted by atomic mass is 10.2. The number of ether oxygens (including phenoxy) is 1. The first-order valence-corrected chi connectivity index (χ1v) is 5.34. The predicted molar refractivity (Wildman–Crippen MR) is 59.4 cm³/mol. The number of benzene rings is 1. The molecule has 0 saturated carbocycles. The minimum Gasteiger partial charge on any atom is -0.389 e. The Morgan fingerprint density at radius 2 is 2.00 bits per heavy atom. The maximum atomic E-state index is 9.28. The number of rotatable bonds is 4. The van der Waals surface area contributed by atoms with Gasteiger partial charge in [-0.3, -0.25) is 0 Å². The summed E-state index contributed by atoms with van der Waals surface area (Å²) in [6, 6.07) is 10.1. The quantitative estimate of drug-likeness (QED) is 0.762. The van der Waals surface area contributed by atoms with Crippen LogP contribution in [0.3, 0.4) is 0 Å². The summed E-state index contributed by atoms with van der Waals surface area (Å²) in [7, 11) is 0. The van der Waals surface area contributed by atoms with Crippen LogP contribution in [0, 0.1) is 0 Å². The Kier molecular flexibility index (Phi) is 3.54. The van der Waals surface area contributed by atoms with Crippen molar-refractivity contribution in [3.05, 3.63) is 47.5 Å². The lowest BCUT2D eigenvalue weighted by Crippen LogP contribution is -1.97. The van der Waals surface area contributed by atoms with Gasteiger partial charge in [-0.25, -0.2) is 0 Å². The Morgan fingerprint density at radius 1 is 1.20 bits per heavy atom. The van der Waals surface area contributed by atoms with Crippen molar-refractivity contribution in [1.82, 2.24) is 0 Å². The van der Waals surface area contributed by atoms with Gasteiger partial charge in [-0.05, 0) is 24.0 Å². The Hall–Kier alpha value is -1.12. The Morgan fingerprint density at radius 3 is 2.67 bits per heavy atom. The van der Waals surface area contributed by atoms with Crippen LogP contribution in [0.4, 0.5) is 0 Å². The summed E-state index contributed by atoms with van der Waals surface area (Å²) in [6.07, 6.45) is 3.48. The molecule has 1 aliphatic rings. The summed E-state index contributed by atoms with van der Waals surface area (Å²) >= 11 is 0. The molecule has 0 bridgehead atoms. The second kappa shape index (κ2) is 5.10. The number of hydrogen-bond donors (Lipinski definition) is 1. The van der Waals surface area contributed by atoms with Gasteiger partial charge in [0, 0.05) is 0 Å². The molecule has 0 unspecified atom stereocenters. The number of aliphatic hydroxyl groups excluding tert-OH is 1. The lowest BCUT2D eigenvalue weighted by Gasteiger charge is -2.04. The highest BCUT2D eigenvalue weighted by Crippen LogP contribution is 2.18. The highest BCUT2D eigenvalue weighted by Gasteiger charge is 2.12. The van der Waals surface area contributed by atoms with Crippen LogP contribution in [0.15, 0.2) is 42.0 Å². The fourth-order valence-electron chi connectivity index (χ4n) is 1.77. The summed E-state index contributed by atoms with van der Waals surface area (Å²) in [5.41, 5.74) is 2.41. The molecule has 2 nitrogen and oxygen atoms in total. The van der Waals surface area contributed by atoms with Crippen molar-refractivity contribution in [2.75, 3.05) is 6.61 Å². The second-order valence-corrected chi connectivity index (χ2v) is 3.91. The molecule has 1 aromatic carbocycles. The fraction of sp³-hybridized carbons (Fsp3) is 0.385. The van der Waals surface area contributed by atoms with Gasteiger partial charge in [0.05, 0.1) is 19.3 Å². The molecule has 1 N–H and O–H groups in total. The van der Waals surface area contributed by atoms with Gasteiger partial charge in [-0.1, -0.05) is 36.4 Å². The average molecular weight is 204 g/mol. The van der Waals surface area contributed by atoms with Crippen molar-refractivity contribution in [3.8, 4) is 0 Å². The smallest absolute Gasteiger partial charge is 0.0727 e. The molecule has 2 heteroatoms. The monoisotopic (exact) mass is 204 g/mol. The normalized spacial score (nSPS) is 20.3. The van der Waals surface area contributed by atoms with Crippen LogP contribution in [-0.2, 0) is 11.3 Å². The molecule has 1 aliphatic carbocycles. The molecule has 0 radical (unpaired) electrons. The first kappa shape index (κ1) is 10.4. The first-order valence-electron chi connectivity index (χ1n) is 5.34. The third-order valence-electron chi connectivity index (χ3n) is 2.59. The van der Waals surface area contributed by atoms with Crippen LogP contribution < -0.4 is 0 Å². The number of hydrogen-bond acceptors (Lipinski definition) is 2. The van der Waals surface area contributed by atoms with Gasteiger partial charge in [0.2, 0.25) is 0 Å². The van der Waals surface area contributed by atoms with Crippen LogP contribution in [0.5, 0.6) is 0 Å². The van der Waals surface area contributed by atoms with Gasteiger partial charge in [-0.2, -0.15) is 0 Å². The molecule has 0 aliphatic heterocycles. The number of aliphatic hydroxyl groups is 1. The van der Waals surface area contributed by atoms with Gasteiger partial charge in [0.15, 0.2) is 0 Å². The molecular formula is C13H16O2. The maximum Gasteiger partial charge on any atom is 0.0727 e. The molecule has 0 spiro atoms. The topological polar surface area (TPSA) is 29.5 Å². The van der Waals surface area contributed by atoms with Crippen molar-refractivity contribution < 1.29 is 9.84 Å². The molecule has 0 amide bonds.